The number of aromatic nitrogens is 2. The Labute approximate surface area is 125 Å². The molecule has 5 heteroatoms. The Morgan fingerprint density at radius 1 is 1.05 bits per heavy atom. The van der Waals surface area contributed by atoms with Crippen LogP contribution in [-0.2, 0) is 0 Å². The number of para-hydroxylation sites is 1. The number of halogens is 1. The number of fused-ring (bicyclic) bond motifs is 1. The fraction of sp³-hybridized carbons (Fsp3) is 0. The van der Waals surface area contributed by atoms with Crippen LogP contribution in [0.2, 0.25) is 0 Å². The van der Waals surface area contributed by atoms with Crippen LogP contribution < -0.4 is 5.73 Å². The van der Waals surface area contributed by atoms with Gasteiger partial charge in [0.1, 0.15) is 17.8 Å². The standard InChI is InChI=1S/C17H12FN3O/c18-11-6-4-10(5-7-11)12-2-1-3-13-14(8-20-16(12)13)15-9-22-17(19)21-15/h1-9,20H,(H2,19,21). The SMILES string of the molecule is Nc1nc(-c2c[nH]c3c(-c4ccc(F)cc4)cccc23)co1. The Hall–Kier alpha value is -3.08. The number of nitrogen functional groups attached to an aromatic ring is 1. The van der Waals surface area contributed by atoms with Crippen molar-refractivity contribution in [2.24, 2.45) is 0 Å². The predicted molar refractivity (Wildman–Crippen MR) is 83.6 cm³/mol. The van der Waals surface area contributed by atoms with Crippen LogP contribution in [0.25, 0.3) is 33.3 Å². The Morgan fingerprint density at radius 2 is 1.86 bits per heavy atom. The Kier molecular flexibility index (Phi) is 2.72. The maximum atomic E-state index is 13.1. The van der Waals surface area contributed by atoms with E-state index in [2.05, 4.69) is 9.97 Å². The lowest BCUT2D eigenvalue weighted by molar-refractivity contribution is 0.581. The number of H-pyrrole nitrogens is 1. The number of aromatic amines is 1. The van der Waals surface area contributed by atoms with Gasteiger partial charge in [-0.1, -0.05) is 30.3 Å². The molecule has 0 saturated carbocycles. The van der Waals surface area contributed by atoms with Gasteiger partial charge in [-0.2, -0.15) is 4.98 Å². The van der Waals surface area contributed by atoms with E-state index in [0.717, 1.165) is 27.6 Å². The van der Waals surface area contributed by atoms with E-state index in [4.69, 9.17) is 10.2 Å². The van der Waals surface area contributed by atoms with Crippen LogP contribution in [-0.4, -0.2) is 9.97 Å². The Balaban J connectivity index is 1.92. The van der Waals surface area contributed by atoms with E-state index in [9.17, 15) is 4.39 Å². The van der Waals surface area contributed by atoms with Crippen molar-refractivity contribution in [2.45, 2.75) is 0 Å². The zero-order chi connectivity index (χ0) is 15.1. The lowest BCUT2D eigenvalue weighted by atomic mass is 10.0. The quantitative estimate of drug-likeness (QED) is 0.581. The van der Waals surface area contributed by atoms with Gasteiger partial charge in [0.25, 0.3) is 6.01 Å². The molecule has 0 saturated heterocycles. The van der Waals surface area contributed by atoms with E-state index in [1.807, 2.05) is 24.4 Å². The number of nitrogens with zero attached hydrogens (tertiary/aromatic N) is 1. The molecule has 3 N–H and O–H groups in total. The summed E-state index contributed by atoms with van der Waals surface area (Å²) in [5, 5.41) is 1.01. The molecule has 4 aromatic rings. The number of anilines is 1. The predicted octanol–water partition coefficient (Wildman–Crippen LogP) is 4.21. The number of hydrogen-bond acceptors (Lipinski definition) is 3. The molecule has 0 radical (unpaired) electrons. The van der Waals surface area contributed by atoms with E-state index in [1.165, 1.54) is 18.4 Å². The molecule has 2 aromatic carbocycles. The summed E-state index contributed by atoms with van der Waals surface area (Å²) >= 11 is 0. The van der Waals surface area contributed by atoms with Crippen LogP contribution in [0.1, 0.15) is 0 Å². The zero-order valence-electron chi connectivity index (χ0n) is 11.5. The molecule has 0 amide bonds. The topological polar surface area (TPSA) is 67.8 Å². The molecule has 0 aliphatic heterocycles. The summed E-state index contributed by atoms with van der Waals surface area (Å²) in [6.07, 6.45) is 3.40. The lowest BCUT2D eigenvalue weighted by Crippen LogP contribution is -1.83. The second kappa shape index (κ2) is 4.73. The van der Waals surface area contributed by atoms with Crippen molar-refractivity contribution in [3.8, 4) is 22.4 Å². The van der Waals surface area contributed by atoms with E-state index >= 15 is 0 Å². The maximum Gasteiger partial charge on any atom is 0.292 e. The van der Waals surface area contributed by atoms with Gasteiger partial charge in [0.2, 0.25) is 0 Å². The summed E-state index contributed by atoms with van der Waals surface area (Å²) < 4.78 is 18.2. The fourth-order valence-corrected chi connectivity index (χ4v) is 2.65. The van der Waals surface area contributed by atoms with Crippen molar-refractivity contribution in [3.63, 3.8) is 0 Å². The minimum absolute atomic E-state index is 0.138. The normalized spacial score (nSPS) is 11.1. The van der Waals surface area contributed by atoms with Crippen LogP contribution in [0, 0.1) is 5.82 Å². The number of rotatable bonds is 2. The molecule has 4 rings (SSSR count). The first-order chi connectivity index (χ1) is 10.7. The van der Waals surface area contributed by atoms with Gasteiger partial charge < -0.3 is 15.1 Å². The minimum Gasteiger partial charge on any atom is -0.432 e. The molecule has 108 valence electrons. The summed E-state index contributed by atoms with van der Waals surface area (Å²) in [5.74, 6) is -0.249. The first-order valence-corrected chi connectivity index (χ1v) is 6.80. The van der Waals surface area contributed by atoms with Gasteiger partial charge in [-0.15, -0.1) is 0 Å². The summed E-state index contributed by atoms with van der Waals surface area (Å²) in [6, 6.07) is 12.5. The summed E-state index contributed by atoms with van der Waals surface area (Å²) in [6.45, 7) is 0. The highest BCUT2D eigenvalue weighted by Gasteiger charge is 2.13. The molecular weight excluding hydrogens is 281 g/mol. The third-order valence-electron chi connectivity index (χ3n) is 3.67. The highest BCUT2D eigenvalue weighted by Crippen LogP contribution is 2.34. The number of oxazole rings is 1. The van der Waals surface area contributed by atoms with E-state index in [0.29, 0.717) is 5.69 Å². The van der Waals surface area contributed by atoms with Crippen molar-refractivity contribution in [1.82, 2.24) is 9.97 Å². The average Bonchev–Trinajstić information content (AvgIpc) is 3.13. The molecule has 0 aliphatic rings. The number of benzene rings is 2. The highest BCUT2D eigenvalue weighted by molar-refractivity contribution is 6.02. The van der Waals surface area contributed by atoms with Crippen LogP contribution >= 0.6 is 0 Å². The monoisotopic (exact) mass is 293 g/mol. The molecule has 2 aromatic heterocycles. The highest BCUT2D eigenvalue weighted by atomic mass is 19.1. The van der Waals surface area contributed by atoms with Gasteiger partial charge in [-0.3, -0.25) is 0 Å². The van der Waals surface area contributed by atoms with E-state index < -0.39 is 0 Å². The molecule has 0 unspecified atom stereocenters. The molecule has 2 heterocycles. The molecule has 4 nitrogen and oxygen atoms in total. The van der Waals surface area contributed by atoms with Crippen LogP contribution in [0.5, 0.6) is 0 Å². The first kappa shape index (κ1) is 12.6. The molecule has 0 spiro atoms. The van der Waals surface area contributed by atoms with Gasteiger partial charge >= 0.3 is 0 Å². The smallest absolute Gasteiger partial charge is 0.292 e. The van der Waals surface area contributed by atoms with Gasteiger partial charge in [0.05, 0.1) is 5.52 Å². The number of nitrogens with two attached hydrogens (primary N) is 1. The van der Waals surface area contributed by atoms with Gasteiger partial charge in [0, 0.05) is 22.7 Å². The molecule has 0 atom stereocenters. The van der Waals surface area contributed by atoms with E-state index in [1.54, 1.807) is 12.1 Å². The van der Waals surface area contributed by atoms with E-state index in [-0.39, 0.29) is 11.8 Å². The molecular formula is C17H12FN3O. The maximum absolute atomic E-state index is 13.1. The molecule has 0 bridgehead atoms. The number of nitrogens with one attached hydrogen (secondary N) is 1. The molecule has 22 heavy (non-hydrogen) atoms. The molecule has 0 aliphatic carbocycles. The summed E-state index contributed by atoms with van der Waals surface area (Å²) in [4.78, 5) is 7.42. The second-order valence-corrected chi connectivity index (χ2v) is 5.01. The fourth-order valence-electron chi connectivity index (χ4n) is 2.65. The third-order valence-corrected chi connectivity index (χ3v) is 3.67. The summed E-state index contributed by atoms with van der Waals surface area (Å²) in [5.41, 5.74) is 10.0. The van der Waals surface area contributed by atoms with Gasteiger partial charge in [-0.05, 0) is 17.7 Å². The Bertz CT molecular complexity index is 954. The van der Waals surface area contributed by atoms with Gasteiger partial charge in [0.15, 0.2) is 0 Å². The molecule has 0 fully saturated rings. The van der Waals surface area contributed by atoms with Crippen molar-refractivity contribution in [1.29, 1.82) is 0 Å². The van der Waals surface area contributed by atoms with Gasteiger partial charge in [-0.25, -0.2) is 4.39 Å². The largest absolute Gasteiger partial charge is 0.432 e. The van der Waals surface area contributed by atoms with Crippen LogP contribution in [0.3, 0.4) is 0 Å². The lowest BCUT2D eigenvalue weighted by Gasteiger charge is -2.04. The average molecular weight is 293 g/mol. The third kappa shape index (κ3) is 1.95. The van der Waals surface area contributed by atoms with Crippen LogP contribution in [0.15, 0.2) is 59.3 Å². The van der Waals surface area contributed by atoms with Crippen molar-refractivity contribution >= 4 is 16.9 Å². The van der Waals surface area contributed by atoms with Crippen molar-refractivity contribution in [3.05, 3.63) is 60.7 Å². The van der Waals surface area contributed by atoms with Crippen molar-refractivity contribution < 1.29 is 8.81 Å². The van der Waals surface area contributed by atoms with Crippen LogP contribution in [0.4, 0.5) is 10.4 Å². The second-order valence-electron chi connectivity index (χ2n) is 5.01. The number of hydrogen-bond donors (Lipinski definition) is 2. The zero-order valence-corrected chi connectivity index (χ0v) is 11.5. The Morgan fingerprint density at radius 3 is 2.59 bits per heavy atom. The van der Waals surface area contributed by atoms with Crippen molar-refractivity contribution in [2.75, 3.05) is 5.73 Å². The summed E-state index contributed by atoms with van der Waals surface area (Å²) in [7, 11) is 0. The minimum atomic E-state index is -0.249. The first-order valence-electron chi connectivity index (χ1n) is 6.80.